The minimum Gasteiger partial charge on any atom is -0.460 e. The number of nitro groups is 2. The fourth-order valence-corrected chi connectivity index (χ4v) is 6.52. The van der Waals surface area contributed by atoms with Gasteiger partial charge in [0.1, 0.15) is 13.2 Å². The Bertz CT molecular complexity index is 1950. The maximum Gasteiger partial charge on any atom is 0.337 e. The van der Waals surface area contributed by atoms with E-state index in [1.54, 1.807) is 67.5 Å². The van der Waals surface area contributed by atoms with Gasteiger partial charge in [0.25, 0.3) is 11.4 Å². The molecule has 0 saturated heterocycles. The van der Waals surface area contributed by atoms with E-state index in [2.05, 4.69) is 10.6 Å². The SMILES string of the molecule is COCCOC(=O)C1=C(C)NC(C)=C(C(=O)OC(C)C)C1c1cccc([N+](=O)[O-])c1.COCCOC(=O)C1=C(C)NC(C)=C(C(=O)OC(C)C)C1c1cccc([N+](=O)[O-])c1. The predicted octanol–water partition coefficient (Wildman–Crippen LogP) is 5.94. The van der Waals surface area contributed by atoms with Crippen LogP contribution >= 0.6 is 0 Å². The van der Waals surface area contributed by atoms with Gasteiger partial charge in [-0.15, -0.1) is 0 Å². The van der Waals surface area contributed by atoms with Gasteiger partial charge >= 0.3 is 23.9 Å². The van der Waals surface area contributed by atoms with Crippen molar-refractivity contribution in [1.29, 1.82) is 0 Å². The van der Waals surface area contributed by atoms with E-state index in [-0.39, 0.29) is 72.3 Å². The number of hydrogen-bond donors (Lipinski definition) is 2. The number of carbonyl (C=O) groups excluding carboxylic acids is 4. The molecule has 0 bridgehead atoms. The lowest BCUT2D eigenvalue weighted by Crippen LogP contribution is -2.33. The first-order chi connectivity index (χ1) is 28.3. The van der Waals surface area contributed by atoms with E-state index in [1.807, 2.05) is 0 Å². The maximum atomic E-state index is 12.9. The zero-order valence-electron chi connectivity index (χ0n) is 35.4. The number of benzene rings is 2. The summed E-state index contributed by atoms with van der Waals surface area (Å²) in [4.78, 5) is 73.1. The lowest BCUT2D eigenvalue weighted by atomic mass is 9.80. The molecule has 18 nitrogen and oxygen atoms in total. The van der Waals surface area contributed by atoms with Crippen molar-refractivity contribution in [3.63, 3.8) is 0 Å². The summed E-state index contributed by atoms with van der Waals surface area (Å²) in [5.41, 5.74) is 3.31. The van der Waals surface area contributed by atoms with Crippen LogP contribution in [0.2, 0.25) is 0 Å². The Balaban J connectivity index is 0.000000320. The molecule has 2 aromatic rings. The Labute approximate surface area is 347 Å². The third-order valence-corrected chi connectivity index (χ3v) is 8.96. The highest BCUT2D eigenvalue weighted by molar-refractivity contribution is 6.01. The fourth-order valence-electron chi connectivity index (χ4n) is 6.52. The number of methoxy groups -OCH3 is 2. The summed E-state index contributed by atoms with van der Waals surface area (Å²) in [6, 6.07) is 11.7. The summed E-state index contributed by atoms with van der Waals surface area (Å²) in [6.45, 7) is 14.1. The summed E-state index contributed by atoms with van der Waals surface area (Å²) < 4.78 is 31.2. The summed E-state index contributed by atoms with van der Waals surface area (Å²) in [7, 11) is 2.97. The van der Waals surface area contributed by atoms with Gasteiger partial charge in [-0.25, -0.2) is 19.2 Å². The van der Waals surface area contributed by atoms with Crippen molar-refractivity contribution < 1.29 is 57.4 Å². The number of esters is 4. The fraction of sp³-hybridized carbons (Fsp3) is 0.429. The van der Waals surface area contributed by atoms with E-state index in [0.717, 1.165) is 0 Å². The van der Waals surface area contributed by atoms with E-state index >= 15 is 0 Å². The highest BCUT2D eigenvalue weighted by Crippen LogP contribution is 2.42. The zero-order valence-corrected chi connectivity index (χ0v) is 35.4. The lowest BCUT2D eigenvalue weighted by Gasteiger charge is -2.30. The van der Waals surface area contributed by atoms with Crippen molar-refractivity contribution in [2.75, 3.05) is 40.6 Å². The molecule has 0 spiro atoms. The van der Waals surface area contributed by atoms with Crippen LogP contribution in [-0.4, -0.2) is 86.6 Å². The van der Waals surface area contributed by atoms with Gasteiger partial charge in [0.05, 0.1) is 69.4 Å². The van der Waals surface area contributed by atoms with Crippen molar-refractivity contribution in [2.24, 2.45) is 0 Å². The van der Waals surface area contributed by atoms with E-state index < -0.39 is 45.6 Å². The molecule has 2 unspecified atom stereocenters. The highest BCUT2D eigenvalue weighted by atomic mass is 16.6. The zero-order chi connectivity index (χ0) is 44.8. The highest BCUT2D eigenvalue weighted by Gasteiger charge is 2.40. The standard InChI is InChI=1S/2C21H26N2O7/c2*1-12(2)30-21(25)18-14(4)22-13(3)17(20(24)29-10-9-28-5)19(18)15-7-6-8-16(11-15)23(26)27/h2*6-8,11-12,19,22H,9-10H2,1-5H3. The number of rotatable bonds is 16. The number of nitro benzene ring substituents is 2. The van der Waals surface area contributed by atoms with E-state index in [9.17, 15) is 39.4 Å². The molecule has 0 radical (unpaired) electrons. The molecule has 4 rings (SSSR count). The third kappa shape index (κ3) is 12.3. The molecule has 2 atom stereocenters. The van der Waals surface area contributed by atoms with Crippen molar-refractivity contribution in [3.05, 3.63) is 125 Å². The predicted molar refractivity (Wildman–Crippen MR) is 217 cm³/mol. The van der Waals surface area contributed by atoms with Crippen molar-refractivity contribution in [3.8, 4) is 0 Å². The van der Waals surface area contributed by atoms with Gasteiger partial charge in [-0.05, 0) is 66.5 Å². The van der Waals surface area contributed by atoms with Crippen molar-refractivity contribution in [1.82, 2.24) is 10.6 Å². The van der Waals surface area contributed by atoms with Crippen LogP contribution in [0.1, 0.15) is 78.4 Å². The summed E-state index contributed by atoms with van der Waals surface area (Å²) in [6.07, 6.45) is -0.764. The molecule has 2 aliphatic rings. The molecule has 0 fully saturated rings. The van der Waals surface area contributed by atoms with Crippen LogP contribution in [0, 0.1) is 20.2 Å². The molecule has 2 aliphatic heterocycles. The quantitative estimate of drug-likeness (QED) is 0.0654. The van der Waals surface area contributed by atoms with Gasteiger partial charge in [-0.3, -0.25) is 20.2 Å². The number of nitrogens with zero attached hydrogens (tertiary/aromatic N) is 2. The number of non-ortho nitro benzene ring substituents is 2. The van der Waals surface area contributed by atoms with Gasteiger partial charge in [0, 0.05) is 61.3 Å². The number of ether oxygens (including phenoxy) is 6. The number of hydrogen-bond acceptors (Lipinski definition) is 16. The molecule has 0 aliphatic carbocycles. The molecule has 0 aromatic heterocycles. The van der Waals surface area contributed by atoms with E-state index in [0.29, 0.717) is 33.9 Å². The molecule has 18 heteroatoms. The Morgan fingerprint density at radius 3 is 1.17 bits per heavy atom. The van der Waals surface area contributed by atoms with Crippen molar-refractivity contribution in [2.45, 2.75) is 79.4 Å². The minimum absolute atomic E-state index is 0.0300. The Kier molecular flexibility index (Phi) is 17.7. The summed E-state index contributed by atoms with van der Waals surface area (Å²) in [5, 5.41) is 28.6. The number of carbonyl (C=O) groups is 4. The van der Waals surface area contributed by atoms with Crippen LogP contribution < -0.4 is 10.6 Å². The molecule has 2 aromatic carbocycles. The Hall–Kier alpha value is -6.40. The average Bonchev–Trinajstić information content (AvgIpc) is 3.17. The van der Waals surface area contributed by atoms with Crippen LogP contribution in [0.25, 0.3) is 0 Å². The molecule has 0 saturated carbocycles. The molecule has 324 valence electrons. The summed E-state index contributed by atoms with van der Waals surface area (Å²) in [5.74, 6) is -4.27. The van der Waals surface area contributed by atoms with Crippen LogP contribution in [-0.2, 0) is 47.6 Å². The monoisotopic (exact) mass is 836 g/mol. The topological polar surface area (TPSA) is 234 Å². The number of nitrogens with one attached hydrogen (secondary N) is 2. The molecular weight excluding hydrogens is 784 g/mol. The third-order valence-electron chi connectivity index (χ3n) is 8.96. The first kappa shape index (κ1) is 48.0. The second-order valence-electron chi connectivity index (χ2n) is 14.1. The molecular formula is C42H52N4O14. The molecule has 60 heavy (non-hydrogen) atoms. The average molecular weight is 837 g/mol. The molecule has 2 heterocycles. The Morgan fingerprint density at radius 2 is 0.883 bits per heavy atom. The van der Waals surface area contributed by atoms with Gasteiger partial charge in [0.2, 0.25) is 0 Å². The molecule has 2 N–H and O–H groups in total. The smallest absolute Gasteiger partial charge is 0.337 e. The molecule has 0 amide bonds. The van der Waals surface area contributed by atoms with Gasteiger partial charge in [-0.1, -0.05) is 24.3 Å². The first-order valence-corrected chi connectivity index (χ1v) is 18.9. The lowest BCUT2D eigenvalue weighted by molar-refractivity contribution is -0.385. The van der Waals surface area contributed by atoms with Crippen molar-refractivity contribution >= 4 is 35.3 Å². The Morgan fingerprint density at radius 1 is 0.567 bits per heavy atom. The first-order valence-electron chi connectivity index (χ1n) is 18.9. The van der Waals surface area contributed by atoms with Crippen LogP contribution in [0.3, 0.4) is 0 Å². The maximum absolute atomic E-state index is 12.9. The van der Waals surface area contributed by atoms with E-state index in [4.69, 9.17) is 28.4 Å². The van der Waals surface area contributed by atoms with Gasteiger partial charge in [0.15, 0.2) is 0 Å². The largest absolute Gasteiger partial charge is 0.460 e. The second kappa shape index (κ2) is 22.1. The summed E-state index contributed by atoms with van der Waals surface area (Å²) >= 11 is 0. The van der Waals surface area contributed by atoms with Crippen LogP contribution in [0.4, 0.5) is 11.4 Å². The van der Waals surface area contributed by atoms with Gasteiger partial charge < -0.3 is 39.1 Å². The van der Waals surface area contributed by atoms with Gasteiger partial charge in [-0.2, -0.15) is 0 Å². The van der Waals surface area contributed by atoms with Crippen LogP contribution in [0.15, 0.2) is 93.6 Å². The minimum atomic E-state index is -0.882. The van der Waals surface area contributed by atoms with E-state index in [1.165, 1.54) is 50.6 Å². The van der Waals surface area contributed by atoms with Crippen LogP contribution in [0.5, 0.6) is 0 Å². The number of allylic oxidation sites excluding steroid dienone is 4. The number of dihydropyridines is 2. The normalized spacial score (nSPS) is 16.4. The second-order valence-corrected chi connectivity index (χ2v) is 14.1.